The van der Waals surface area contributed by atoms with Gasteiger partial charge < -0.3 is 14.2 Å². The molecular weight excluding hydrogens is 624 g/mol. The van der Waals surface area contributed by atoms with Crippen molar-refractivity contribution in [2.45, 2.75) is 76.2 Å². The summed E-state index contributed by atoms with van der Waals surface area (Å²) in [4.78, 5) is 43.8. The van der Waals surface area contributed by atoms with E-state index in [1.165, 1.54) is 11.1 Å². The van der Waals surface area contributed by atoms with Crippen LogP contribution in [0.3, 0.4) is 0 Å². The summed E-state index contributed by atoms with van der Waals surface area (Å²) in [7, 11) is 0. The van der Waals surface area contributed by atoms with Crippen LogP contribution < -0.4 is 0 Å². The van der Waals surface area contributed by atoms with Crippen LogP contribution in [-0.4, -0.2) is 79.6 Å². The Hall–Kier alpha value is -4.21. The highest BCUT2D eigenvalue weighted by Crippen LogP contribution is 2.38. The number of aromatic nitrogens is 3. The van der Waals surface area contributed by atoms with Crippen molar-refractivity contribution in [2.75, 3.05) is 26.2 Å². The average Bonchev–Trinajstić information content (AvgIpc) is 3.80. The van der Waals surface area contributed by atoms with E-state index in [2.05, 4.69) is 28.1 Å². The third-order valence-corrected chi connectivity index (χ3v) is 10.3. The summed E-state index contributed by atoms with van der Waals surface area (Å²) in [6, 6.07) is 19.5. The van der Waals surface area contributed by atoms with E-state index in [0.717, 1.165) is 68.3 Å². The molecule has 48 heavy (non-hydrogen) atoms. The van der Waals surface area contributed by atoms with Gasteiger partial charge in [-0.15, -0.1) is 0 Å². The molecule has 4 aromatic rings. The molecule has 0 spiro atoms. The second kappa shape index (κ2) is 14.9. The van der Waals surface area contributed by atoms with Crippen LogP contribution in [0.1, 0.15) is 66.1 Å². The number of pyridine rings is 1. The van der Waals surface area contributed by atoms with E-state index >= 15 is 0 Å². The van der Waals surface area contributed by atoms with E-state index in [1.807, 2.05) is 64.3 Å². The van der Waals surface area contributed by atoms with E-state index in [4.69, 9.17) is 21.3 Å². The van der Waals surface area contributed by atoms with Crippen LogP contribution in [0.4, 0.5) is 4.79 Å². The van der Waals surface area contributed by atoms with Crippen molar-refractivity contribution in [1.82, 2.24) is 29.2 Å². The molecule has 1 saturated carbocycles. The fourth-order valence-corrected chi connectivity index (χ4v) is 7.78. The summed E-state index contributed by atoms with van der Waals surface area (Å²) in [5.74, 6) is -0.0660. The zero-order chi connectivity index (χ0) is 32.9. The fraction of sp³-hybridized carbons (Fsp3) is 0.421. The standard InChI is InChI=1S/C38H43ClN6O3/c39-31-15-16-33-30(24-31)14-13-29-10-6-17-41-35(29)36(33)43-22-23-45(38(47)48-32-11-4-5-12-32)34(26-43)37(46)44(25-28-8-2-1-3-9-28)20-7-19-42-21-18-40-27-42/h1-3,6,8-10,15-18,21,24,27,32,34,36H,4-5,7,11-14,19-20,22-23,25-26H2/t34-,36+/m1/s1. The first kappa shape index (κ1) is 32.3. The number of piperazine rings is 1. The number of aryl methyl sites for hydroxylation is 3. The topological polar surface area (TPSA) is 83.8 Å². The number of carbonyl (C=O) groups is 2. The Morgan fingerprint density at radius 3 is 2.60 bits per heavy atom. The van der Waals surface area contributed by atoms with Crippen LogP contribution in [-0.2, 0) is 35.5 Å². The maximum atomic E-state index is 14.9. The Morgan fingerprint density at radius 2 is 1.79 bits per heavy atom. The van der Waals surface area contributed by atoms with Crippen LogP contribution in [0, 0.1) is 0 Å². The third kappa shape index (κ3) is 7.27. The lowest BCUT2D eigenvalue weighted by atomic mass is 9.95. The molecule has 0 N–H and O–H groups in total. The maximum absolute atomic E-state index is 14.9. The highest BCUT2D eigenvalue weighted by atomic mass is 35.5. The monoisotopic (exact) mass is 666 g/mol. The van der Waals surface area contributed by atoms with Gasteiger partial charge in [0.2, 0.25) is 5.91 Å². The first-order chi connectivity index (χ1) is 23.5. The van der Waals surface area contributed by atoms with Gasteiger partial charge in [-0.3, -0.25) is 19.6 Å². The highest BCUT2D eigenvalue weighted by molar-refractivity contribution is 6.30. The van der Waals surface area contributed by atoms with Gasteiger partial charge in [0.15, 0.2) is 0 Å². The predicted molar refractivity (Wildman–Crippen MR) is 184 cm³/mol. The van der Waals surface area contributed by atoms with E-state index in [0.29, 0.717) is 37.7 Å². The number of carbonyl (C=O) groups excluding carboxylic acids is 2. The van der Waals surface area contributed by atoms with Crippen LogP contribution in [0.5, 0.6) is 0 Å². The Kier molecular flexibility index (Phi) is 10.0. The summed E-state index contributed by atoms with van der Waals surface area (Å²) in [6.07, 6.45) is 13.3. The van der Waals surface area contributed by atoms with Crippen molar-refractivity contribution in [1.29, 1.82) is 0 Å². The number of ether oxygens (including phenoxy) is 1. The number of hydrogen-bond donors (Lipinski definition) is 0. The van der Waals surface area contributed by atoms with Crippen LogP contribution in [0.2, 0.25) is 5.02 Å². The zero-order valence-electron chi connectivity index (χ0n) is 27.3. The minimum atomic E-state index is -0.712. The lowest BCUT2D eigenvalue weighted by Gasteiger charge is -2.45. The average molecular weight is 667 g/mol. The van der Waals surface area contributed by atoms with Gasteiger partial charge in [-0.25, -0.2) is 9.78 Å². The van der Waals surface area contributed by atoms with Gasteiger partial charge in [-0.2, -0.15) is 0 Å². The van der Waals surface area contributed by atoms with Crippen molar-refractivity contribution < 1.29 is 14.3 Å². The third-order valence-electron chi connectivity index (χ3n) is 10.0. The molecule has 7 rings (SSSR count). The number of fused-ring (bicyclic) bond motifs is 2. The lowest BCUT2D eigenvalue weighted by Crippen LogP contribution is -2.62. The second-order valence-electron chi connectivity index (χ2n) is 13.2. The van der Waals surface area contributed by atoms with E-state index in [-0.39, 0.29) is 24.1 Å². The summed E-state index contributed by atoms with van der Waals surface area (Å²) in [6.45, 7) is 3.09. The van der Waals surface area contributed by atoms with Crippen molar-refractivity contribution in [3.8, 4) is 0 Å². The van der Waals surface area contributed by atoms with Gasteiger partial charge in [-0.1, -0.05) is 54.1 Å². The van der Waals surface area contributed by atoms with Crippen LogP contribution in [0.15, 0.2) is 85.6 Å². The normalized spacial score (nSPS) is 19.7. The first-order valence-electron chi connectivity index (χ1n) is 17.3. The molecule has 2 atom stereocenters. The number of hydrogen-bond acceptors (Lipinski definition) is 6. The summed E-state index contributed by atoms with van der Waals surface area (Å²) in [5.41, 5.74) is 5.61. The SMILES string of the molecule is O=C([C@H]1CN([C@H]2c3ccc(Cl)cc3CCc3cccnc32)CCN1C(=O)OC1CCCC1)N(CCCn1ccnc1)Cc1ccccc1. The predicted octanol–water partition coefficient (Wildman–Crippen LogP) is 6.30. The minimum Gasteiger partial charge on any atom is -0.446 e. The number of rotatable bonds is 9. The van der Waals surface area contributed by atoms with E-state index in [1.54, 1.807) is 17.4 Å². The number of nitrogens with zero attached hydrogens (tertiary/aromatic N) is 6. The molecule has 2 aromatic heterocycles. The molecule has 1 saturated heterocycles. The molecular formula is C38H43ClN6O3. The Bertz CT molecular complexity index is 1690. The van der Waals surface area contributed by atoms with E-state index < -0.39 is 6.04 Å². The van der Waals surface area contributed by atoms with Gasteiger partial charge >= 0.3 is 6.09 Å². The van der Waals surface area contributed by atoms with Gasteiger partial charge in [0.05, 0.1) is 18.1 Å². The molecule has 9 nitrogen and oxygen atoms in total. The van der Waals surface area contributed by atoms with Gasteiger partial charge in [-0.05, 0) is 85.4 Å². The molecule has 10 heteroatoms. The molecule has 2 fully saturated rings. The summed E-state index contributed by atoms with van der Waals surface area (Å²) < 4.78 is 8.07. The first-order valence-corrected chi connectivity index (χ1v) is 17.6. The van der Waals surface area contributed by atoms with Gasteiger partial charge in [0.1, 0.15) is 12.1 Å². The smallest absolute Gasteiger partial charge is 0.410 e. The Morgan fingerprint density at radius 1 is 0.958 bits per heavy atom. The van der Waals surface area contributed by atoms with E-state index in [9.17, 15) is 9.59 Å². The number of halogens is 1. The molecule has 0 unspecified atom stereocenters. The highest BCUT2D eigenvalue weighted by Gasteiger charge is 2.43. The Labute approximate surface area is 287 Å². The molecule has 3 heterocycles. The van der Waals surface area contributed by atoms with Crippen molar-refractivity contribution in [2.24, 2.45) is 0 Å². The minimum absolute atomic E-state index is 0.0660. The summed E-state index contributed by atoms with van der Waals surface area (Å²) >= 11 is 6.50. The van der Waals surface area contributed by atoms with Gasteiger partial charge in [0, 0.05) is 62.9 Å². The molecule has 2 amide bonds. The van der Waals surface area contributed by atoms with Gasteiger partial charge in [0.25, 0.3) is 0 Å². The van der Waals surface area contributed by atoms with Crippen molar-refractivity contribution in [3.05, 3.63) is 119 Å². The maximum Gasteiger partial charge on any atom is 0.410 e. The van der Waals surface area contributed by atoms with Crippen LogP contribution in [0.25, 0.3) is 0 Å². The largest absolute Gasteiger partial charge is 0.446 e. The molecule has 0 bridgehead atoms. The second-order valence-corrected chi connectivity index (χ2v) is 13.6. The number of benzene rings is 2. The summed E-state index contributed by atoms with van der Waals surface area (Å²) in [5, 5.41) is 0.714. The molecule has 250 valence electrons. The molecule has 0 radical (unpaired) electrons. The van der Waals surface area contributed by atoms with Crippen molar-refractivity contribution in [3.63, 3.8) is 0 Å². The zero-order valence-corrected chi connectivity index (χ0v) is 28.0. The van der Waals surface area contributed by atoms with Crippen molar-refractivity contribution >= 4 is 23.6 Å². The quantitative estimate of drug-likeness (QED) is 0.208. The number of amides is 2. The molecule has 3 aliphatic rings. The lowest BCUT2D eigenvalue weighted by molar-refractivity contribution is -0.140. The fourth-order valence-electron chi connectivity index (χ4n) is 7.58. The number of imidazole rings is 1. The molecule has 2 aliphatic carbocycles. The molecule has 1 aliphatic heterocycles. The van der Waals surface area contributed by atoms with Crippen LogP contribution >= 0.6 is 11.6 Å². The molecule has 2 aromatic carbocycles. The Balaban J connectivity index is 1.21.